The van der Waals surface area contributed by atoms with Gasteiger partial charge in [-0.3, -0.25) is 4.68 Å². The molecular formula is C27H28Cl2N2O. The number of nitrogens with two attached hydrogens (primary N) is 1. The summed E-state index contributed by atoms with van der Waals surface area (Å²) in [5.41, 5.74) is 6.29. The largest absolute Gasteiger partial charge is 0.489 e. The quantitative estimate of drug-likeness (QED) is 0.319. The summed E-state index contributed by atoms with van der Waals surface area (Å²) in [6, 6.07) is 24.8. The normalized spacial score (nSPS) is 15.2. The smallest absolute Gasteiger partial charge is 0.120 e. The number of nitrogen functional groups attached to an aromatic ring is 1. The van der Waals surface area contributed by atoms with Crippen molar-refractivity contribution in [1.82, 2.24) is 4.68 Å². The third kappa shape index (κ3) is 4.74. The number of fused-ring (bicyclic) bond motifs is 3. The lowest BCUT2D eigenvalue weighted by Crippen LogP contribution is -2.19. The third-order valence-electron chi connectivity index (χ3n) is 6.48. The van der Waals surface area contributed by atoms with Crippen LogP contribution in [0.4, 0.5) is 0 Å². The van der Waals surface area contributed by atoms with E-state index in [-0.39, 0.29) is 12.4 Å². The lowest BCUT2D eigenvalue weighted by molar-refractivity contribution is 0.306. The van der Waals surface area contributed by atoms with E-state index >= 15 is 0 Å². The van der Waals surface area contributed by atoms with E-state index in [1.165, 1.54) is 40.6 Å². The van der Waals surface area contributed by atoms with Gasteiger partial charge in [-0.1, -0.05) is 54.1 Å². The SMILES string of the molecule is Cl.Nn1c2c(c3cc(OCc4ccccc4)ccc31)CC(CCc1ccc(Cl)cc1)CC2. The van der Waals surface area contributed by atoms with Crippen LogP contribution in [-0.4, -0.2) is 4.68 Å². The molecule has 5 heteroatoms. The molecule has 4 aromatic rings. The average Bonchev–Trinajstić information content (AvgIpc) is 3.09. The standard InChI is InChI=1S/C27H27ClN2O.ClH/c28-22-11-8-19(9-12-22)6-7-20-10-14-26-24(16-20)25-17-23(13-15-27(25)30(26)29)31-18-21-4-2-1-3-5-21;/h1-5,8-9,11-13,15,17,20H,6-7,10,14,16,18,29H2;1H. The number of hydrogen-bond donors (Lipinski definition) is 1. The van der Waals surface area contributed by atoms with Crippen molar-refractivity contribution in [3.8, 4) is 5.75 Å². The van der Waals surface area contributed by atoms with E-state index in [0.29, 0.717) is 12.5 Å². The van der Waals surface area contributed by atoms with E-state index in [2.05, 4.69) is 36.4 Å². The molecule has 32 heavy (non-hydrogen) atoms. The summed E-state index contributed by atoms with van der Waals surface area (Å²) in [6.07, 6.45) is 5.57. The van der Waals surface area contributed by atoms with Gasteiger partial charge in [-0.2, -0.15) is 0 Å². The lowest BCUT2D eigenvalue weighted by atomic mass is 9.83. The minimum atomic E-state index is 0. The molecule has 2 N–H and O–H groups in total. The first kappa shape index (κ1) is 22.6. The summed E-state index contributed by atoms with van der Waals surface area (Å²) in [4.78, 5) is 0. The second-order valence-electron chi connectivity index (χ2n) is 8.52. The number of aromatic nitrogens is 1. The van der Waals surface area contributed by atoms with E-state index in [1.54, 1.807) is 0 Å². The van der Waals surface area contributed by atoms with Gasteiger partial charge in [-0.15, -0.1) is 12.4 Å². The predicted molar refractivity (Wildman–Crippen MR) is 135 cm³/mol. The molecule has 5 rings (SSSR count). The fraction of sp³-hybridized carbons (Fsp3) is 0.259. The Bertz CT molecular complexity index is 1190. The summed E-state index contributed by atoms with van der Waals surface area (Å²) in [7, 11) is 0. The van der Waals surface area contributed by atoms with Crippen molar-refractivity contribution in [2.24, 2.45) is 5.92 Å². The van der Waals surface area contributed by atoms with Crippen molar-refractivity contribution in [2.45, 2.75) is 38.7 Å². The van der Waals surface area contributed by atoms with Crippen LogP contribution in [0.1, 0.15) is 35.2 Å². The minimum Gasteiger partial charge on any atom is -0.489 e. The first-order valence-electron chi connectivity index (χ1n) is 11.0. The predicted octanol–water partition coefficient (Wildman–Crippen LogP) is 6.75. The Kier molecular flexibility index (Phi) is 6.98. The molecule has 0 spiro atoms. The molecule has 1 aliphatic carbocycles. The molecule has 0 saturated carbocycles. The van der Waals surface area contributed by atoms with Crippen LogP contribution in [0.3, 0.4) is 0 Å². The summed E-state index contributed by atoms with van der Waals surface area (Å²) < 4.78 is 7.97. The van der Waals surface area contributed by atoms with E-state index < -0.39 is 0 Å². The Morgan fingerprint density at radius 3 is 2.53 bits per heavy atom. The van der Waals surface area contributed by atoms with E-state index in [4.69, 9.17) is 22.2 Å². The Morgan fingerprint density at radius 1 is 0.969 bits per heavy atom. The fourth-order valence-electron chi connectivity index (χ4n) is 4.74. The molecule has 1 aliphatic rings. The second kappa shape index (κ2) is 9.89. The number of halogens is 2. The third-order valence-corrected chi connectivity index (χ3v) is 6.73. The summed E-state index contributed by atoms with van der Waals surface area (Å²) in [6.45, 7) is 0.571. The van der Waals surface area contributed by atoms with Crippen LogP contribution in [0.2, 0.25) is 5.02 Å². The van der Waals surface area contributed by atoms with Gasteiger partial charge in [0, 0.05) is 16.1 Å². The maximum Gasteiger partial charge on any atom is 0.120 e. The van der Waals surface area contributed by atoms with Crippen LogP contribution < -0.4 is 10.6 Å². The molecule has 1 heterocycles. The Balaban J connectivity index is 0.00000245. The number of nitrogens with zero attached hydrogens (tertiary/aromatic N) is 1. The molecular weight excluding hydrogens is 439 g/mol. The summed E-state index contributed by atoms with van der Waals surface area (Å²) in [5, 5.41) is 2.03. The number of aryl methyl sites for hydroxylation is 1. The van der Waals surface area contributed by atoms with Crippen LogP contribution in [0.5, 0.6) is 5.75 Å². The topological polar surface area (TPSA) is 40.2 Å². The molecule has 0 fully saturated rings. The highest BCUT2D eigenvalue weighted by Gasteiger charge is 2.25. The summed E-state index contributed by atoms with van der Waals surface area (Å²) in [5.74, 6) is 8.03. The van der Waals surface area contributed by atoms with Gasteiger partial charge >= 0.3 is 0 Å². The van der Waals surface area contributed by atoms with Gasteiger partial charge in [-0.05, 0) is 85.0 Å². The van der Waals surface area contributed by atoms with Crippen molar-refractivity contribution < 1.29 is 4.74 Å². The van der Waals surface area contributed by atoms with Crippen molar-refractivity contribution >= 4 is 34.9 Å². The molecule has 166 valence electrons. The first-order chi connectivity index (χ1) is 15.2. The van der Waals surface area contributed by atoms with Gasteiger partial charge in [0.2, 0.25) is 0 Å². The highest BCUT2D eigenvalue weighted by molar-refractivity contribution is 6.30. The van der Waals surface area contributed by atoms with Gasteiger partial charge in [0.1, 0.15) is 12.4 Å². The highest BCUT2D eigenvalue weighted by Crippen LogP contribution is 2.36. The van der Waals surface area contributed by atoms with Crippen LogP contribution >= 0.6 is 24.0 Å². The van der Waals surface area contributed by atoms with Crippen molar-refractivity contribution in [3.05, 3.63) is 100 Å². The van der Waals surface area contributed by atoms with Gasteiger partial charge < -0.3 is 10.6 Å². The van der Waals surface area contributed by atoms with Crippen molar-refractivity contribution in [3.63, 3.8) is 0 Å². The highest BCUT2D eigenvalue weighted by atomic mass is 35.5. The Labute approximate surface area is 200 Å². The molecule has 0 aliphatic heterocycles. The van der Waals surface area contributed by atoms with Crippen LogP contribution in [0, 0.1) is 5.92 Å². The van der Waals surface area contributed by atoms with Gasteiger partial charge in [0.25, 0.3) is 0 Å². The Morgan fingerprint density at radius 2 is 1.75 bits per heavy atom. The first-order valence-corrected chi connectivity index (χ1v) is 11.4. The van der Waals surface area contributed by atoms with Gasteiger partial charge in [-0.25, -0.2) is 0 Å². The van der Waals surface area contributed by atoms with Gasteiger partial charge in [0.05, 0.1) is 5.52 Å². The van der Waals surface area contributed by atoms with Crippen molar-refractivity contribution in [2.75, 3.05) is 5.84 Å². The zero-order chi connectivity index (χ0) is 21.2. The van der Waals surface area contributed by atoms with Crippen molar-refractivity contribution in [1.29, 1.82) is 0 Å². The molecule has 3 nitrogen and oxygen atoms in total. The van der Waals surface area contributed by atoms with Crippen LogP contribution in [-0.2, 0) is 25.9 Å². The molecule has 1 unspecified atom stereocenters. The maximum atomic E-state index is 6.46. The number of hydrogen-bond acceptors (Lipinski definition) is 2. The lowest BCUT2D eigenvalue weighted by Gasteiger charge is -2.23. The van der Waals surface area contributed by atoms with E-state index in [1.807, 2.05) is 41.1 Å². The maximum absolute atomic E-state index is 6.46. The number of benzene rings is 3. The zero-order valence-electron chi connectivity index (χ0n) is 18.0. The van der Waals surface area contributed by atoms with E-state index in [9.17, 15) is 0 Å². The fourth-order valence-corrected chi connectivity index (χ4v) is 4.87. The molecule has 0 saturated heterocycles. The molecule has 1 aromatic heterocycles. The van der Waals surface area contributed by atoms with E-state index in [0.717, 1.165) is 35.6 Å². The molecule has 0 amide bonds. The molecule has 3 aromatic carbocycles. The molecule has 0 radical (unpaired) electrons. The number of rotatable bonds is 6. The molecule has 1 atom stereocenters. The molecule has 0 bridgehead atoms. The monoisotopic (exact) mass is 466 g/mol. The summed E-state index contributed by atoms with van der Waals surface area (Å²) >= 11 is 6.02. The van der Waals surface area contributed by atoms with Crippen LogP contribution in [0.25, 0.3) is 10.9 Å². The average molecular weight is 467 g/mol. The number of ether oxygens (including phenoxy) is 1. The van der Waals surface area contributed by atoms with Gasteiger partial charge in [0.15, 0.2) is 0 Å². The minimum absolute atomic E-state index is 0. The zero-order valence-corrected chi connectivity index (χ0v) is 19.5. The second-order valence-corrected chi connectivity index (χ2v) is 8.96. The Hall–Kier alpha value is -2.62. The van der Waals surface area contributed by atoms with Crippen LogP contribution in [0.15, 0.2) is 72.8 Å².